The van der Waals surface area contributed by atoms with Crippen molar-refractivity contribution in [3.05, 3.63) is 70.6 Å². The summed E-state index contributed by atoms with van der Waals surface area (Å²) in [5.74, 6) is 0.218. The van der Waals surface area contributed by atoms with Crippen molar-refractivity contribution in [3.63, 3.8) is 0 Å². The van der Waals surface area contributed by atoms with Crippen molar-refractivity contribution in [3.8, 4) is 0 Å². The molecule has 0 bridgehead atoms. The fourth-order valence-electron chi connectivity index (χ4n) is 2.85. The topological polar surface area (TPSA) is 51.1 Å². The van der Waals surface area contributed by atoms with E-state index in [4.69, 9.17) is 0 Å². The van der Waals surface area contributed by atoms with Crippen LogP contribution in [0.3, 0.4) is 0 Å². The van der Waals surface area contributed by atoms with E-state index in [1.165, 1.54) is 0 Å². The van der Waals surface area contributed by atoms with Crippen molar-refractivity contribution in [1.29, 1.82) is 0 Å². The maximum absolute atomic E-state index is 12.6. The van der Waals surface area contributed by atoms with Gasteiger partial charge in [0.25, 0.3) is 0 Å². The molecule has 1 aromatic carbocycles. The molecule has 0 aliphatic rings. The van der Waals surface area contributed by atoms with Crippen LogP contribution in [0.1, 0.15) is 38.2 Å². The van der Waals surface area contributed by atoms with E-state index in [0.717, 1.165) is 18.4 Å². The Labute approximate surface area is 143 Å². The van der Waals surface area contributed by atoms with E-state index in [9.17, 15) is 9.59 Å². The summed E-state index contributed by atoms with van der Waals surface area (Å²) in [6.45, 7) is 5.40. The number of aromatic nitrogens is 1. The standard InChI is InChI=1S/C20H26N2O2/c1-3-16(2)19(17-10-5-4-6-11-17)20(24)21-13-9-15-22-14-8-7-12-18(22)23/h4-8,10-12,14,16,19H,3,9,13,15H2,1-2H3,(H,21,24). The lowest BCUT2D eigenvalue weighted by atomic mass is 9.85. The van der Waals surface area contributed by atoms with Crippen molar-refractivity contribution in [2.75, 3.05) is 6.54 Å². The number of amides is 1. The van der Waals surface area contributed by atoms with Crippen LogP contribution in [-0.4, -0.2) is 17.0 Å². The minimum Gasteiger partial charge on any atom is -0.355 e. The molecule has 1 heterocycles. The molecular formula is C20H26N2O2. The van der Waals surface area contributed by atoms with Gasteiger partial charge in [0.05, 0.1) is 5.92 Å². The lowest BCUT2D eigenvalue weighted by Gasteiger charge is -2.22. The summed E-state index contributed by atoms with van der Waals surface area (Å²) in [4.78, 5) is 24.3. The maximum atomic E-state index is 12.6. The van der Waals surface area contributed by atoms with Gasteiger partial charge in [-0.05, 0) is 24.0 Å². The number of pyridine rings is 1. The molecule has 0 saturated heterocycles. The van der Waals surface area contributed by atoms with Gasteiger partial charge in [-0.25, -0.2) is 0 Å². The molecule has 1 amide bonds. The quantitative estimate of drug-likeness (QED) is 0.758. The fourth-order valence-corrected chi connectivity index (χ4v) is 2.85. The van der Waals surface area contributed by atoms with Gasteiger partial charge < -0.3 is 9.88 Å². The summed E-state index contributed by atoms with van der Waals surface area (Å²) in [6, 6.07) is 15.1. The van der Waals surface area contributed by atoms with Crippen molar-refractivity contribution in [2.24, 2.45) is 5.92 Å². The Bertz CT molecular complexity index is 694. The normalized spacial score (nSPS) is 13.2. The van der Waals surface area contributed by atoms with Crippen LogP contribution in [0.5, 0.6) is 0 Å². The zero-order valence-corrected chi connectivity index (χ0v) is 14.4. The number of nitrogens with one attached hydrogen (secondary N) is 1. The average Bonchev–Trinajstić information content (AvgIpc) is 2.61. The first kappa shape index (κ1) is 18.0. The van der Waals surface area contributed by atoms with Gasteiger partial charge in [0.1, 0.15) is 0 Å². The Morgan fingerprint density at radius 2 is 1.83 bits per heavy atom. The van der Waals surface area contributed by atoms with Gasteiger partial charge in [-0.15, -0.1) is 0 Å². The summed E-state index contributed by atoms with van der Waals surface area (Å²) in [6.07, 6.45) is 3.46. The van der Waals surface area contributed by atoms with E-state index in [1.54, 1.807) is 22.9 Å². The highest BCUT2D eigenvalue weighted by atomic mass is 16.2. The van der Waals surface area contributed by atoms with Crippen LogP contribution in [0, 0.1) is 5.92 Å². The third-order valence-corrected chi connectivity index (χ3v) is 4.43. The van der Waals surface area contributed by atoms with Gasteiger partial charge in [-0.1, -0.05) is 56.7 Å². The molecule has 4 nitrogen and oxygen atoms in total. The summed E-state index contributed by atoms with van der Waals surface area (Å²) < 4.78 is 1.66. The van der Waals surface area contributed by atoms with Gasteiger partial charge in [0.15, 0.2) is 0 Å². The van der Waals surface area contributed by atoms with Crippen molar-refractivity contribution in [2.45, 2.75) is 39.2 Å². The Hall–Kier alpha value is -2.36. The number of carbonyl (C=O) groups is 1. The van der Waals surface area contributed by atoms with Gasteiger partial charge in [0, 0.05) is 25.4 Å². The van der Waals surface area contributed by atoms with Gasteiger partial charge in [0.2, 0.25) is 11.5 Å². The van der Waals surface area contributed by atoms with Crippen LogP contribution in [-0.2, 0) is 11.3 Å². The second-order valence-electron chi connectivity index (χ2n) is 6.15. The zero-order chi connectivity index (χ0) is 17.4. The molecule has 1 aromatic heterocycles. The van der Waals surface area contributed by atoms with Crippen molar-refractivity contribution < 1.29 is 4.79 Å². The average molecular weight is 326 g/mol. The highest BCUT2D eigenvalue weighted by Crippen LogP contribution is 2.27. The molecular weight excluding hydrogens is 300 g/mol. The maximum Gasteiger partial charge on any atom is 0.250 e. The Morgan fingerprint density at radius 3 is 2.50 bits per heavy atom. The summed E-state index contributed by atoms with van der Waals surface area (Å²) in [5.41, 5.74) is 1.05. The number of aryl methyl sites for hydroxylation is 1. The number of rotatable bonds is 8. The van der Waals surface area contributed by atoms with E-state index < -0.39 is 0 Å². The number of hydrogen-bond acceptors (Lipinski definition) is 2. The molecule has 0 aliphatic carbocycles. The molecule has 0 fully saturated rings. The lowest BCUT2D eigenvalue weighted by molar-refractivity contribution is -0.123. The van der Waals surface area contributed by atoms with E-state index in [-0.39, 0.29) is 23.3 Å². The minimum absolute atomic E-state index is 0.00871. The minimum atomic E-state index is -0.129. The molecule has 0 aliphatic heterocycles. The van der Waals surface area contributed by atoms with E-state index in [0.29, 0.717) is 13.1 Å². The first-order valence-electron chi connectivity index (χ1n) is 8.61. The third kappa shape index (κ3) is 4.82. The second kappa shape index (κ2) is 9.06. The predicted molar refractivity (Wildman–Crippen MR) is 97.0 cm³/mol. The van der Waals surface area contributed by atoms with E-state index >= 15 is 0 Å². The molecule has 2 aromatic rings. The molecule has 1 N–H and O–H groups in total. The molecule has 24 heavy (non-hydrogen) atoms. The summed E-state index contributed by atoms with van der Waals surface area (Å²) >= 11 is 0. The van der Waals surface area contributed by atoms with Crippen LogP contribution in [0.2, 0.25) is 0 Å². The molecule has 0 spiro atoms. The van der Waals surface area contributed by atoms with Crippen LogP contribution in [0.4, 0.5) is 0 Å². The number of carbonyl (C=O) groups excluding carboxylic acids is 1. The first-order chi connectivity index (χ1) is 11.6. The van der Waals surface area contributed by atoms with Crippen LogP contribution >= 0.6 is 0 Å². The number of nitrogens with zero attached hydrogens (tertiary/aromatic N) is 1. The Balaban J connectivity index is 1.91. The lowest BCUT2D eigenvalue weighted by Crippen LogP contribution is -2.34. The van der Waals surface area contributed by atoms with E-state index in [2.05, 4.69) is 19.2 Å². The Kier molecular flexibility index (Phi) is 6.79. The zero-order valence-electron chi connectivity index (χ0n) is 14.4. The summed E-state index contributed by atoms with van der Waals surface area (Å²) in [7, 11) is 0. The highest BCUT2D eigenvalue weighted by Gasteiger charge is 2.25. The SMILES string of the molecule is CCC(C)C(C(=O)NCCCn1ccccc1=O)c1ccccc1. The third-order valence-electron chi connectivity index (χ3n) is 4.43. The van der Waals surface area contributed by atoms with Crippen molar-refractivity contribution >= 4 is 5.91 Å². The van der Waals surface area contributed by atoms with Gasteiger partial charge >= 0.3 is 0 Å². The van der Waals surface area contributed by atoms with Crippen LogP contribution < -0.4 is 10.9 Å². The smallest absolute Gasteiger partial charge is 0.250 e. The largest absolute Gasteiger partial charge is 0.355 e. The molecule has 4 heteroatoms. The van der Waals surface area contributed by atoms with E-state index in [1.807, 2.05) is 36.4 Å². The van der Waals surface area contributed by atoms with Gasteiger partial charge in [-0.2, -0.15) is 0 Å². The molecule has 2 unspecified atom stereocenters. The van der Waals surface area contributed by atoms with Crippen molar-refractivity contribution in [1.82, 2.24) is 9.88 Å². The second-order valence-corrected chi connectivity index (χ2v) is 6.15. The molecule has 0 radical (unpaired) electrons. The highest BCUT2D eigenvalue weighted by molar-refractivity contribution is 5.83. The molecule has 2 atom stereocenters. The molecule has 0 saturated carbocycles. The number of benzene rings is 1. The molecule has 2 rings (SSSR count). The predicted octanol–water partition coefficient (Wildman–Crippen LogP) is 3.18. The molecule has 128 valence electrons. The number of hydrogen-bond donors (Lipinski definition) is 1. The fraction of sp³-hybridized carbons (Fsp3) is 0.400. The van der Waals surface area contributed by atoms with Crippen LogP contribution in [0.15, 0.2) is 59.5 Å². The summed E-state index contributed by atoms with van der Waals surface area (Å²) in [5, 5.41) is 3.03. The Morgan fingerprint density at radius 1 is 1.12 bits per heavy atom. The van der Waals surface area contributed by atoms with Gasteiger partial charge in [-0.3, -0.25) is 9.59 Å². The monoisotopic (exact) mass is 326 g/mol. The van der Waals surface area contributed by atoms with Crippen LogP contribution in [0.25, 0.3) is 0 Å². The first-order valence-corrected chi connectivity index (χ1v) is 8.61.